The van der Waals surface area contributed by atoms with Crippen LogP contribution in [0.5, 0.6) is 0 Å². The van der Waals surface area contributed by atoms with Crippen molar-refractivity contribution in [1.29, 1.82) is 0 Å². The maximum atomic E-state index is 12.9. The fourth-order valence-electron chi connectivity index (χ4n) is 8.63. The van der Waals surface area contributed by atoms with Gasteiger partial charge < -0.3 is 43.8 Å². The molecule has 2 aliphatic carbocycles. The second-order valence-electron chi connectivity index (χ2n) is 17.6. The molecular formula is C41H68N2O13. The van der Waals surface area contributed by atoms with E-state index in [0.717, 1.165) is 31.8 Å². The van der Waals surface area contributed by atoms with Gasteiger partial charge in [-0.2, -0.15) is 0 Å². The van der Waals surface area contributed by atoms with Crippen LogP contribution in [0, 0.1) is 21.7 Å². The summed E-state index contributed by atoms with van der Waals surface area (Å²) in [6, 6.07) is -0.314. The SMILES string of the molecule is C=CC(=O)OCCOCCOC(=O)CCC1(C)CC(NC(=O)OCC(C)OC(=O)CCC2(C)CC(NC(=O)OCCOC(=O)CC)CC(C)(C)C2)CC(C)(C)C1. The highest BCUT2D eigenvalue weighted by Gasteiger charge is 2.43. The van der Waals surface area contributed by atoms with Gasteiger partial charge in [0.1, 0.15) is 39.1 Å². The number of esters is 4. The molecule has 56 heavy (non-hydrogen) atoms. The van der Waals surface area contributed by atoms with E-state index < -0.39 is 24.3 Å². The summed E-state index contributed by atoms with van der Waals surface area (Å²) in [5.41, 5.74) is -0.628. The number of rotatable bonds is 22. The summed E-state index contributed by atoms with van der Waals surface area (Å²) in [5, 5.41) is 5.92. The number of nitrogens with one attached hydrogen (secondary N) is 2. The molecule has 2 rings (SSSR count). The van der Waals surface area contributed by atoms with Crippen molar-refractivity contribution in [1.82, 2.24) is 10.6 Å². The van der Waals surface area contributed by atoms with Gasteiger partial charge >= 0.3 is 36.1 Å². The third-order valence-corrected chi connectivity index (χ3v) is 10.2. The Morgan fingerprint density at radius 1 is 0.643 bits per heavy atom. The van der Waals surface area contributed by atoms with Crippen molar-refractivity contribution in [3.8, 4) is 0 Å². The van der Waals surface area contributed by atoms with Gasteiger partial charge in [-0.3, -0.25) is 14.4 Å². The first-order valence-corrected chi connectivity index (χ1v) is 19.9. The van der Waals surface area contributed by atoms with Crippen LogP contribution in [0.3, 0.4) is 0 Å². The van der Waals surface area contributed by atoms with Crippen molar-refractivity contribution in [3.05, 3.63) is 12.7 Å². The molecule has 0 heterocycles. The van der Waals surface area contributed by atoms with E-state index in [-0.39, 0.29) is 117 Å². The van der Waals surface area contributed by atoms with Crippen LogP contribution in [-0.2, 0) is 52.3 Å². The standard InChI is InChI=1S/C41H68N2O13/c1-10-32(44)51-18-16-50-17-19-53-34(46)12-14-40(8)25-31(23-39(6,7)27-40)43-37(49)55-26-29(3)56-35(47)13-15-41(9)24-30(22-38(4,5)28-41)42-36(48)54-21-20-52-33(45)11-2/h10,29-31H,1,11-28H2,2-9H3,(H,42,48)(H,43,49). The maximum absolute atomic E-state index is 12.9. The van der Waals surface area contributed by atoms with Gasteiger partial charge in [0.15, 0.2) is 0 Å². The van der Waals surface area contributed by atoms with Crippen LogP contribution in [0.2, 0.25) is 0 Å². The molecule has 5 atom stereocenters. The summed E-state index contributed by atoms with van der Waals surface area (Å²) >= 11 is 0. The minimum atomic E-state index is -0.649. The Morgan fingerprint density at radius 2 is 1.11 bits per heavy atom. The van der Waals surface area contributed by atoms with E-state index in [1.54, 1.807) is 13.8 Å². The van der Waals surface area contributed by atoms with Crippen molar-refractivity contribution < 1.29 is 61.9 Å². The molecule has 0 aromatic rings. The summed E-state index contributed by atoms with van der Waals surface area (Å²) in [4.78, 5) is 72.9. The molecule has 0 aliphatic heterocycles. The van der Waals surface area contributed by atoms with Gasteiger partial charge in [-0.05, 0) is 80.0 Å². The van der Waals surface area contributed by atoms with E-state index in [9.17, 15) is 28.8 Å². The lowest BCUT2D eigenvalue weighted by atomic mass is 9.61. The highest BCUT2D eigenvalue weighted by Crippen LogP contribution is 2.49. The smallest absolute Gasteiger partial charge is 0.407 e. The van der Waals surface area contributed by atoms with Crippen molar-refractivity contribution in [2.45, 2.75) is 144 Å². The zero-order valence-electron chi connectivity index (χ0n) is 35.1. The van der Waals surface area contributed by atoms with Crippen LogP contribution >= 0.6 is 0 Å². The van der Waals surface area contributed by atoms with Crippen LogP contribution < -0.4 is 10.6 Å². The second kappa shape index (κ2) is 22.8. The van der Waals surface area contributed by atoms with E-state index >= 15 is 0 Å². The lowest BCUT2D eigenvalue weighted by molar-refractivity contribution is -0.151. The van der Waals surface area contributed by atoms with E-state index in [2.05, 4.69) is 58.8 Å². The Kier molecular flexibility index (Phi) is 19.6. The van der Waals surface area contributed by atoms with E-state index in [4.69, 9.17) is 33.2 Å². The molecule has 0 spiro atoms. The summed E-state index contributed by atoms with van der Waals surface area (Å²) in [5.74, 6) is -1.60. The predicted molar refractivity (Wildman–Crippen MR) is 206 cm³/mol. The minimum Gasteiger partial charge on any atom is -0.463 e. The molecule has 0 aromatic carbocycles. The van der Waals surface area contributed by atoms with Crippen LogP contribution in [0.1, 0.15) is 126 Å². The molecule has 5 unspecified atom stereocenters. The normalized spacial score (nSPS) is 24.4. The van der Waals surface area contributed by atoms with Crippen LogP contribution in [0.25, 0.3) is 0 Å². The first-order chi connectivity index (χ1) is 26.2. The maximum Gasteiger partial charge on any atom is 0.407 e. The van der Waals surface area contributed by atoms with Gasteiger partial charge in [-0.25, -0.2) is 14.4 Å². The number of ether oxygens (including phenoxy) is 7. The highest BCUT2D eigenvalue weighted by molar-refractivity contribution is 5.81. The van der Waals surface area contributed by atoms with Gasteiger partial charge in [0.25, 0.3) is 0 Å². The quantitative estimate of drug-likeness (QED) is 0.0534. The molecule has 15 heteroatoms. The van der Waals surface area contributed by atoms with Gasteiger partial charge in [0.05, 0.1) is 13.2 Å². The Labute approximate surface area is 332 Å². The molecule has 2 fully saturated rings. The van der Waals surface area contributed by atoms with Crippen LogP contribution in [-0.4, -0.2) is 100 Å². The van der Waals surface area contributed by atoms with E-state index in [0.29, 0.717) is 25.7 Å². The zero-order chi connectivity index (χ0) is 42.0. The topological polar surface area (TPSA) is 191 Å². The third kappa shape index (κ3) is 19.8. The molecule has 15 nitrogen and oxygen atoms in total. The van der Waals surface area contributed by atoms with Gasteiger partial charge in [-0.1, -0.05) is 55.0 Å². The van der Waals surface area contributed by atoms with Crippen molar-refractivity contribution >= 4 is 36.1 Å². The molecule has 2 amide bonds. The zero-order valence-corrected chi connectivity index (χ0v) is 35.1. The summed E-state index contributed by atoms with van der Waals surface area (Å²) < 4.78 is 36.6. The molecule has 0 saturated heterocycles. The molecular weight excluding hydrogens is 728 g/mol. The lowest BCUT2D eigenvalue weighted by Gasteiger charge is -2.46. The molecule has 2 N–H and O–H groups in total. The Morgan fingerprint density at radius 3 is 1.64 bits per heavy atom. The van der Waals surface area contributed by atoms with E-state index in [1.807, 2.05) is 0 Å². The molecule has 2 aliphatic rings. The number of alkyl carbamates (subject to hydrolysis) is 2. The van der Waals surface area contributed by atoms with Crippen molar-refractivity contribution in [2.75, 3.05) is 46.2 Å². The number of hydrogen-bond donors (Lipinski definition) is 2. The fraction of sp³-hybridized carbons (Fsp3) is 0.805. The third-order valence-electron chi connectivity index (χ3n) is 10.2. The first-order valence-electron chi connectivity index (χ1n) is 19.9. The average molecular weight is 797 g/mol. The largest absolute Gasteiger partial charge is 0.463 e. The minimum absolute atomic E-state index is 0.00461. The molecule has 320 valence electrons. The Hall–Kier alpha value is -3.88. The number of carbonyl (C=O) groups is 6. The van der Waals surface area contributed by atoms with Crippen LogP contribution in [0.15, 0.2) is 12.7 Å². The molecule has 0 radical (unpaired) electrons. The second-order valence-corrected chi connectivity index (χ2v) is 17.6. The van der Waals surface area contributed by atoms with Gasteiger partial charge in [0, 0.05) is 37.4 Å². The number of carbonyl (C=O) groups excluding carboxylic acids is 6. The summed E-state index contributed by atoms with van der Waals surface area (Å²) in [6.07, 6.45) is 5.65. The van der Waals surface area contributed by atoms with E-state index in [1.165, 1.54) is 0 Å². The predicted octanol–water partition coefficient (Wildman–Crippen LogP) is 6.34. The number of hydrogen-bond acceptors (Lipinski definition) is 13. The van der Waals surface area contributed by atoms with Crippen molar-refractivity contribution in [3.63, 3.8) is 0 Å². The van der Waals surface area contributed by atoms with Gasteiger partial charge in [-0.15, -0.1) is 0 Å². The molecule has 0 bridgehead atoms. The molecule has 2 saturated carbocycles. The van der Waals surface area contributed by atoms with Crippen molar-refractivity contribution in [2.24, 2.45) is 21.7 Å². The van der Waals surface area contributed by atoms with Crippen LogP contribution in [0.4, 0.5) is 9.59 Å². The number of amides is 2. The monoisotopic (exact) mass is 796 g/mol. The Balaban J connectivity index is 1.73. The van der Waals surface area contributed by atoms with Gasteiger partial charge in [0.2, 0.25) is 0 Å². The summed E-state index contributed by atoms with van der Waals surface area (Å²) in [6.45, 7) is 19.9. The Bertz CT molecular complexity index is 1330. The average Bonchev–Trinajstić information content (AvgIpc) is 3.08. The molecule has 0 aromatic heterocycles. The fourth-order valence-corrected chi connectivity index (χ4v) is 8.63. The highest BCUT2D eigenvalue weighted by atomic mass is 16.6. The first kappa shape index (κ1) is 48.3. The lowest BCUT2D eigenvalue weighted by Crippen LogP contribution is -2.47. The summed E-state index contributed by atoms with van der Waals surface area (Å²) in [7, 11) is 0.